The maximum absolute atomic E-state index is 9.20. The average Bonchev–Trinajstić information content (AvgIpc) is 2.64. The van der Waals surface area contributed by atoms with E-state index >= 15 is 0 Å². The minimum Gasteiger partial charge on any atom is -0.493 e. The number of nitriles is 1. The van der Waals surface area contributed by atoms with Crippen molar-refractivity contribution in [1.82, 2.24) is 4.90 Å². The van der Waals surface area contributed by atoms with Crippen molar-refractivity contribution in [3.05, 3.63) is 59.7 Å². The number of rotatable bonds is 5. The second-order valence-corrected chi connectivity index (χ2v) is 6.01. The van der Waals surface area contributed by atoms with Crippen molar-refractivity contribution >= 4 is 0 Å². The molecule has 2 aromatic rings. The number of piperidine rings is 1. The second kappa shape index (κ2) is 7.85. The Balaban J connectivity index is 1.55. The van der Waals surface area contributed by atoms with Gasteiger partial charge < -0.3 is 9.47 Å². The molecule has 1 aliphatic rings. The van der Waals surface area contributed by atoms with Gasteiger partial charge in [-0.25, -0.2) is 0 Å². The zero-order valence-corrected chi connectivity index (χ0v) is 13.9. The average molecular weight is 322 g/mol. The van der Waals surface area contributed by atoms with Crippen LogP contribution in [0.2, 0.25) is 0 Å². The molecule has 0 radical (unpaired) electrons. The number of para-hydroxylation sites is 2. The fraction of sp³-hybridized carbons (Fsp3) is 0.350. The number of nitrogens with zero attached hydrogens (tertiary/aromatic N) is 2. The van der Waals surface area contributed by atoms with E-state index in [9.17, 15) is 5.26 Å². The smallest absolute Gasteiger partial charge is 0.161 e. The summed E-state index contributed by atoms with van der Waals surface area (Å²) in [4.78, 5) is 2.39. The van der Waals surface area contributed by atoms with Crippen molar-refractivity contribution in [2.75, 3.05) is 20.2 Å². The molecule has 0 bridgehead atoms. The van der Waals surface area contributed by atoms with Gasteiger partial charge in [0, 0.05) is 19.6 Å². The Bertz CT molecular complexity index is 716. The van der Waals surface area contributed by atoms with E-state index < -0.39 is 0 Å². The summed E-state index contributed by atoms with van der Waals surface area (Å²) in [6, 6.07) is 17.9. The van der Waals surface area contributed by atoms with Crippen LogP contribution in [0.5, 0.6) is 11.5 Å². The lowest BCUT2D eigenvalue weighted by Gasteiger charge is -2.32. The van der Waals surface area contributed by atoms with E-state index in [0.29, 0.717) is 0 Å². The first-order chi connectivity index (χ1) is 11.8. The monoisotopic (exact) mass is 322 g/mol. The highest BCUT2D eigenvalue weighted by Crippen LogP contribution is 2.29. The molecule has 1 aliphatic heterocycles. The molecule has 3 rings (SSSR count). The van der Waals surface area contributed by atoms with Crippen LogP contribution in [0.25, 0.3) is 0 Å². The molecule has 0 spiro atoms. The first kappa shape index (κ1) is 16.4. The van der Waals surface area contributed by atoms with Gasteiger partial charge >= 0.3 is 0 Å². The SMILES string of the molecule is COc1ccccc1OC1CCN(Cc2ccccc2C#N)CC1. The highest BCUT2D eigenvalue weighted by molar-refractivity contribution is 5.39. The van der Waals surface area contributed by atoms with E-state index in [4.69, 9.17) is 9.47 Å². The first-order valence-corrected chi connectivity index (χ1v) is 8.30. The van der Waals surface area contributed by atoms with E-state index in [1.807, 2.05) is 48.5 Å². The number of methoxy groups -OCH3 is 1. The molecule has 0 N–H and O–H groups in total. The summed E-state index contributed by atoms with van der Waals surface area (Å²) in [5.41, 5.74) is 1.87. The van der Waals surface area contributed by atoms with Crippen molar-refractivity contribution in [2.45, 2.75) is 25.5 Å². The zero-order chi connectivity index (χ0) is 16.8. The van der Waals surface area contributed by atoms with Crippen molar-refractivity contribution in [3.63, 3.8) is 0 Å². The number of hydrogen-bond donors (Lipinski definition) is 0. The Labute approximate surface area is 143 Å². The summed E-state index contributed by atoms with van der Waals surface area (Å²) >= 11 is 0. The number of likely N-dealkylation sites (tertiary alicyclic amines) is 1. The first-order valence-electron chi connectivity index (χ1n) is 8.30. The molecule has 24 heavy (non-hydrogen) atoms. The lowest BCUT2D eigenvalue weighted by molar-refractivity contribution is 0.0943. The molecule has 0 amide bonds. The van der Waals surface area contributed by atoms with E-state index in [1.165, 1.54) is 0 Å². The Morgan fingerprint density at radius 3 is 2.42 bits per heavy atom. The van der Waals surface area contributed by atoms with Gasteiger partial charge in [-0.3, -0.25) is 4.90 Å². The van der Waals surface area contributed by atoms with Crippen molar-refractivity contribution < 1.29 is 9.47 Å². The molecule has 0 unspecified atom stereocenters. The van der Waals surface area contributed by atoms with Crippen LogP contribution >= 0.6 is 0 Å². The van der Waals surface area contributed by atoms with Crippen LogP contribution in [0.1, 0.15) is 24.0 Å². The van der Waals surface area contributed by atoms with Crippen molar-refractivity contribution in [1.29, 1.82) is 5.26 Å². The predicted octanol–water partition coefficient (Wildman–Crippen LogP) is 3.61. The fourth-order valence-corrected chi connectivity index (χ4v) is 3.09. The molecule has 4 nitrogen and oxygen atoms in total. The number of ether oxygens (including phenoxy) is 2. The lowest BCUT2D eigenvalue weighted by Crippen LogP contribution is -2.38. The molecule has 1 heterocycles. The molecule has 124 valence electrons. The topological polar surface area (TPSA) is 45.5 Å². The highest BCUT2D eigenvalue weighted by Gasteiger charge is 2.22. The van der Waals surface area contributed by atoms with Gasteiger partial charge in [0.15, 0.2) is 11.5 Å². The largest absolute Gasteiger partial charge is 0.493 e. The normalized spacial score (nSPS) is 15.7. The van der Waals surface area contributed by atoms with E-state index in [2.05, 4.69) is 11.0 Å². The molecule has 0 atom stereocenters. The highest BCUT2D eigenvalue weighted by atomic mass is 16.5. The Kier molecular flexibility index (Phi) is 5.35. The van der Waals surface area contributed by atoms with Gasteiger partial charge in [0.05, 0.1) is 18.7 Å². The lowest BCUT2D eigenvalue weighted by atomic mass is 10.0. The minimum absolute atomic E-state index is 0.212. The molecular formula is C20H22N2O2. The molecule has 0 aromatic heterocycles. The minimum atomic E-state index is 0.212. The third-order valence-electron chi connectivity index (χ3n) is 4.43. The van der Waals surface area contributed by atoms with Crippen LogP contribution in [0.15, 0.2) is 48.5 Å². The Morgan fingerprint density at radius 1 is 1.04 bits per heavy atom. The van der Waals surface area contributed by atoms with Crippen LogP contribution in [0.3, 0.4) is 0 Å². The molecule has 1 fully saturated rings. The summed E-state index contributed by atoms with van der Waals surface area (Å²) in [5, 5.41) is 9.20. The van der Waals surface area contributed by atoms with Crippen LogP contribution in [0, 0.1) is 11.3 Å². The van der Waals surface area contributed by atoms with Crippen molar-refractivity contribution in [2.24, 2.45) is 0 Å². The molecule has 1 saturated heterocycles. The summed E-state index contributed by atoms with van der Waals surface area (Å²) in [6.07, 6.45) is 2.17. The van der Waals surface area contributed by atoms with Gasteiger partial charge in [-0.2, -0.15) is 5.26 Å². The summed E-state index contributed by atoms with van der Waals surface area (Å²) in [5.74, 6) is 1.59. The molecular weight excluding hydrogens is 300 g/mol. The summed E-state index contributed by atoms with van der Waals surface area (Å²) < 4.78 is 11.5. The van der Waals surface area contributed by atoms with Gasteiger partial charge in [-0.1, -0.05) is 30.3 Å². The van der Waals surface area contributed by atoms with E-state index in [0.717, 1.165) is 55.1 Å². The number of benzene rings is 2. The van der Waals surface area contributed by atoms with Gasteiger partial charge in [0.2, 0.25) is 0 Å². The van der Waals surface area contributed by atoms with Crippen LogP contribution < -0.4 is 9.47 Å². The van der Waals surface area contributed by atoms with Crippen molar-refractivity contribution in [3.8, 4) is 17.6 Å². The third-order valence-corrected chi connectivity index (χ3v) is 4.43. The van der Waals surface area contributed by atoms with Gasteiger partial charge in [-0.05, 0) is 36.6 Å². The van der Waals surface area contributed by atoms with Crippen LogP contribution in [0.4, 0.5) is 0 Å². The van der Waals surface area contributed by atoms with E-state index in [1.54, 1.807) is 7.11 Å². The fourth-order valence-electron chi connectivity index (χ4n) is 3.09. The predicted molar refractivity (Wildman–Crippen MR) is 93.1 cm³/mol. The summed E-state index contributed by atoms with van der Waals surface area (Å²) in [7, 11) is 1.66. The van der Waals surface area contributed by atoms with Crippen LogP contribution in [-0.4, -0.2) is 31.2 Å². The molecule has 0 saturated carbocycles. The Morgan fingerprint density at radius 2 is 1.71 bits per heavy atom. The second-order valence-electron chi connectivity index (χ2n) is 6.01. The quantitative estimate of drug-likeness (QED) is 0.843. The maximum atomic E-state index is 9.20. The maximum Gasteiger partial charge on any atom is 0.161 e. The van der Waals surface area contributed by atoms with Gasteiger partial charge in [0.25, 0.3) is 0 Å². The Hall–Kier alpha value is -2.51. The summed E-state index contributed by atoms with van der Waals surface area (Å²) in [6.45, 7) is 2.77. The third kappa shape index (κ3) is 3.87. The molecule has 0 aliphatic carbocycles. The van der Waals surface area contributed by atoms with Crippen LogP contribution in [-0.2, 0) is 6.54 Å². The molecule has 2 aromatic carbocycles. The molecule has 4 heteroatoms. The van der Waals surface area contributed by atoms with Gasteiger partial charge in [-0.15, -0.1) is 0 Å². The standard InChI is InChI=1S/C20H22N2O2/c1-23-19-8-4-5-9-20(19)24-18-10-12-22(13-11-18)15-17-7-3-2-6-16(17)14-21/h2-9,18H,10-13,15H2,1H3. The zero-order valence-electron chi connectivity index (χ0n) is 13.9. The van der Waals surface area contributed by atoms with Gasteiger partial charge in [0.1, 0.15) is 6.10 Å². The van der Waals surface area contributed by atoms with E-state index in [-0.39, 0.29) is 6.10 Å². The number of hydrogen-bond acceptors (Lipinski definition) is 4.